The normalized spacial score (nSPS) is 12.3. The first-order chi connectivity index (χ1) is 17.2. The van der Waals surface area contributed by atoms with Crippen molar-refractivity contribution in [2.24, 2.45) is 0 Å². The number of rotatable bonds is 7. The molecule has 5 rings (SSSR count). The van der Waals surface area contributed by atoms with Crippen LogP contribution in [0.4, 0.5) is 0 Å². The summed E-state index contributed by atoms with van der Waals surface area (Å²) in [5, 5.41) is 5.57. The lowest BCUT2D eigenvalue weighted by Crippen LogP contribution is -2.75. The largest absolute Gasteiger partial charge is 0.264 e. The second-order valence-corrected chi connectivity index (χ2v) is 13.0. The van der Waals surface area contributed by atoms with E-state index in [1.54, 1.807) is 0 Å². The Balaban J connectivity index is 1.88. The van der Waals surface area contributed by atoms with E-state index in [9.17, 15) is 0 Å². The van der Waals surface area contributed by atoms with Gasteiger partial charge in [0.1, 0.15) is 0 Å². The Hall–Kier alpha value is -3.75. The lowest BCUT2D eigenvalue weighted by atomic mass is 9.99. The minimum absolute atomic E-state index is 0.552. The molecule has 1 nitrogen and oxygen atoms in total. The Morgan fingerprint density at radius 1 is 0.629 bits per heavy atom. The summed E-state index contributed by atoms with van der Waals surface area (Å²) in [6, 6.07) is 44.9. The maximum Gasteiger partial charge on any atom is 0.180 e. The van der Waals surface area contributed by atoms with E-state index < -0.39 is 8.07 Å². The Morgan fingerprint density at radius 2 is 1.20 bits per heavy atom. The van der Waals surface area contributed by atoms with Crippen molar-refractivity contribution in [1.82, 2.24) is 4.98 Å². The number of pyridine rings is 1. The first-order valence-corrected chi connectivity index (χ1v) is 14.5. The lowest BCUT2D eigenvalue weighted by molar-refractivity contribution is 0.734. The van der Waals surface area contributed by atoms with Crippen molar-refractivity contribution in [3.63, 3.8) is 0 Å². The molecule has 172 valence electrons. The molecule has 1 aromatic heterocycles. The highest BCUT2D eigenvalue weighted by Gasteiger charge is 2.42. The average Bonchev–Trinajstić information content (AvgIpc) is 2.95. The van der Waals surface area contributed by atoms with Crippen molar-refractivity contribution in [3.05, 3.63) is 139 Å². The van der Waals surface area contributed by atoms with Crippen molar-refractivity contribution < 1.29 is 0 Å². The van der Waals surface area contributed by atoms with Crippen LogP contribution in [0.1, 0.15) is 31.7 Å². The Kier molecular flexibility index (Phi) is 6.74. The Morgan fingerprint density at radius 3 is 1.77 bits per heavy atom. The molecule has 0 N–H and O–H groups in total. The van der Waals surface area contributed by atoms with E-state index >= 15 is 0 Å². The van der Waals surface area contributed by atoms with Crippen molar-refractivity contribution in [1.29, 1.82) is 0 Å². The molecule has 1 atom stereocenters. The molecular weight excluding hydrogens is 438 g/mol. The molecule has 0 aliphatic rings. The number of nitrogens with zero attached hydrogens (tertiary/aromatic N) is 1. The molecule has 0 spiro atoms. The second kappa shape index (κ2) is 10.2. The fraction of sp³-hybridized carbons (Fsp3) is 0.121. The van der Waals surface area contributed by atoms with Gasteiger partial charge in [-0.1, -0.05) is 129 Å². The van der Waals surface area contributed by atoms with Crippen molar-refractivity contribution in [2.75, 3.05) is 0 Å². The van der Waals surface area contributed by atoms with Crippen LogP contribution in [0.3, 0.4) is 0 Å². The zero-order valence-corrected chi connectivity index (χ0v) is 21.4. The van der Waals surface area contributed by atoms with Gasteiger partial charge in [-0.2, -0.15) is 0 Å². The van der Waals surface area contributed by atoms with E-state index in [4.69, 9.17) is 0 Å². The van der Waals surface area contributed by atoms with Gasteiger partial charge in [0.15, 0.2) is 8.07 Å². The zero-order chi connectivity index (χ0) is 24.1. The van der Waals surface area contributed by atoms with E-state index in [1.165, 1.54) is 31.9 Å². The van der Waals surface area contributed by atoms with Gasteiger partial charge in [-0.3, -0.25) is 4.98 Å². The molecule has 0 aliphatic carbocycles. The molecule has 0 saturated carbocycles. The lowest BCUT2D eigenvalue weighted by Gasteiger charge is -2.36. The van der Waals surface area contributed by atoms with Crippen LogP contribution in [-0.2, 0) is 0 Å². The number of hydrogen-bond donors (Lipinski definition) is 0. The van der Waals surface area contributed by atoms with E-state index in [0.29, 0.717) is 5.92 Å². The highest BCUT2D eigenvalue weighted by molar-refractivity contribution is 7.20. The monoisotopic (exact) mass is 469 g/mol. The van der Waals surface area contributed by atoms with Crippen LogP contribution < -0.4 is 20.7 Å². The molecule has 1 heterocycles. The van der Waals surface area contributed by atoms with Crippen LogP contribution in [0, 0.1) is 0 Å². The summed E-state index contributed by atoms with van der Waals surface area (Å²) in [6.07, 6.45) is 4.97. The molecule has 4 aromatic carbocycles. The van der Waals surface area contributed by atoms with Crippen LogP contribution >= 0.6 is 0 Å². The summed E-state index contributed by atoms with van der Waals surface area (Å²) in [7, 11) is -2.62. The van der Waals surface area contributed by atoms with E-state index in [1.807, 2.05) is 18.5 Å². The molecule has 0 bridgehead atoms. The van der Waals surface area contributed by atoms with Gasteiger partial charge in [-0.25, -0.2) is 0 Å². The van der Waals surface area contributed by atoms with Crippen molar-refractivity contribution in [3.8, 4) is 11.1 Å². The first-order valence-electron chi connectivity index (χ1n) is 12.5. The highest BCUT2D eigenvalue weighted by Crippen LogP contribution is 2.22. The molecule has 35 heavy (non-hydrogen) atoms. The molecule has 2 heteroatoms. The van der Waals surface area contributed by atoms with Crippen molar-refractivity contribution in [2.45, 2.75) is 26.2 Å². The Labute approximate surface area is 210 Å². The number of benzene rings is 4. The summed E-state index contributed by atoms with van der Waals surface area (Å²) in [4.78, 5) is 4.46. The molecule has 0 aliphatic heterocycles. The fourth-order valence-electron chi connectivity index (χ4n) is 5.22. The topological polar surface area (TPSA) is 12.9 Å². The molecule has 0 amide bonds. The van der Waals surface area contributed by atoms with Gasteiger partial charge in [0.2, 0.25) is 0 Å². The molecule has 0 fully saturated rings. The van der Waals surface area contributed by atoms with Gasteiger partial charge >= 0.3 is 0 Å². The molecule has 0 radical (unpaired) electrons. The van der Waals surface area contributed by atoms with E-state index in [0.717, 1.165) is 12.0 Å². The first kappa shape index (κ1) is 23.0. The number of aromatic nitrogens is 1. The van der Waals surface area contributed by atoms with E-state index in [2.05, 4.69) is 134 Å². The molecule has 1 unspecified atom stereocenters. The SMILES string of the molecule is CCC(C)c1ccc([Si](c2ccccc2)(c2ccccc2)c2ccccc2-c2cccnc2)cc1. The van der Waals surface area contributed by atoms with Gasteiger partial charge in [0.05, 0.1) is 0 Å². The minimum atomic E-state index is -2.62. The van der Waals surface area contributed by atoms with Gasteiger partial charge in [0, 0.05) is 12.4 Å². The van der Waals surface area contributed by atoms with Gasteiger partial charge in [-0.05, 0) is 55.8 Å². The van der Waals surface area contributed by atoms with Gasteiger partial charge < -0.3 is 0 Å². The fourth-order valence-corrected chi connectivity index (χ4v) is 10.2. The maximum absolute atomic E-state index is 4.46. The van der Waals surface area contributed by atoms with Crippen LogP contribution in [0.5, 0.6) is 0 Å². The summed E-state index contributed by atoms with van der Waals surface area (Å²) >= 11 is 0. The Bertz CT molecular complexity index is 1320. The third kappa shape index (κ3) is 4.26. The van der Waals surface area contributed by atoms with Crippen molar-refractivity contribution >= 4 is 28.8 Å². The standard InChI is InChI=1S/C33H31NSi/c1-3-26(2)27-20-22-31(23-21-27)35(29-14-6-4-7-15-29,30-16-8-5-9-17-30)33-19-11-10-18-32(33)28-13-12-24-34-25-28/h4-26H,3H2,1-2H3. The molecule has 0 saturated heterocycles. The maximum atomic E-state index is 4.46. The van der Waals surface area contributed by atoms with Crippen LogP contribution in [0.15, 0.2) is 134 Å². The summed E-state index contributed by atoms with van der Waals surface area (Å²) in [5.74, 6) is 0.552. The second-order valence-electron chi connectivity index (χ2n) is 9.20. The predicted molar refractivity (Wildman–Crippen MR) is 152 cm³/mol. The third-order valence-corrected chi connectivity index (χ3v) is 12.1. The molecular formula is C33H31NSi. The quantitative estimate of drug-likeness (QED) is 0.222. The smallest absolute Gasteiger partial charge is 0.180 e. The summed E-state index contributed by atoms with van der Waals surface area (Å²) in [5.41, 5.74) is 3.81. The molecule has 5 aromatic rings. The third-order valence-electron chi connectivity index (χ3n) is 7.24. The van der Waals surface area contributed by atoms with Gasteiger partial charge in [-0.15, -0.1) is 0 Å². The minimum Gasteiger partial charge on any atom is -0.264 e. The zero-order valence-electron chi connectivity index (χ0n) is 20.4. The summed E-state index contributed by atoms with van der Waals surface area (Å²) in [6.45, 7) is 4.57. The van der Waals surface area contributed by atoms with Gasteiger partial charge in [0.25, 0.3) is 0 Å². The van der Waals surface area contributed by atoms with Crippen LogP contribution in [0.2, 0.25) is 0 Å². The highest BCUT2D eigenvalue weighted by atomic mass is 28.3. The predicted octanol–water partition coefficient (Wildman–Crippen LogP) is 5.64. The summed E-state index contributed by atoms with van der Waals surface area (Å²) < 4.78 is 0. The number of hydrogen-bond acceptors (Lipinski definition) is 1. The average molecular weight is 470 g/mol. The van der Waals surface area contributed by atoms with E-state index in [-0.39, 0.29) is 0 Å². The van der Waals surface area contributed by atoms with Crippen LogP contribution in [-0.4, -0.2) is 13.1 Å². The van der Waals surface area contributed by atoms with Crippen LogP contribution in [0.25, 0.3) is 11.1 Å².